The van der Waals surface area contributed by atoms with Gasteiger partial charge in [-0.3, -0.25) is 4.79 Å². The second-order valence-electron chi connectivity index (χ2n) is 5.55. The Hall–Kier alpha value is -1.40. The molecule has 112 valence electrons. The Labute approximate surface area is 120 Å². The van der Waals surface area contributed by atoms with Crippen LogP contribution in [0.15, 0.2) is 29.2 Å². The maximum absolute atomic E-state index is 12.0. The van der Waals surface area contributed by atoms with Gasteiger partial charge in [-0.05, 0) is 32.9 Å². The summed E-state index contributed by atoms with van der Waals surface area (Å²) in [5, 5.41) is 5.70. The molecule has 0 aliphatic heterocycles. The van der Waals surface area contributed by atoms with Crippen LogP contribution in [0.1, 0.15) is 27.7 Å². The van der Waals surface area contributed by atoms with E-state index < -0.39 is 9.84 Å². The number of benzene rings is 1. The first-order chi connectivity index (χ1) is 9.15. The van der Waals surface area contributed by atoms with Gasteiger partial charge in [-0.1, -0.05) is 19.1 Å². The first kappa shape index (κ1) is 16.7. The largest absolute Gasteiger partial charge is 0.324 e. The summed E-state index contributed by atoms with van der Waals surface area (Å²) in [5.74, 6) is -0.265. The molecule has 1 aromatic carbocycles. The average molecular weight is 298 g/mol. The highest BCUT2D eigenvalue weighted by Gasteiger charge is 2.18. The summed E-state index contributed by atoms with van der Waals surface area (Å²) < 4.78 is 23.9. The van der Waals surface area contributed by atoms with Crippen LogP contribution in [0, 0.1) is 0 Å². The fourth-order valence-corrected chi connectivity index (χ4v) is 2.59. The second-order valence-corrected chi connectivity index (χ2v) is 7.80. The van der Waals surface area contributed by atoms with Crippen molar-refractivity contribution in [1.82, 2.24) is 5.32 Å². The van der Waals surface area contributed by atoms with Crippen LogP contribution in [0.4, 0.5) is 5.69 Å². The minimum atomic E-state index is -3.35. The van der Waals surface area contributed by atoms with Gasteiger partial charge in [-0.15, -0.1) is 0 Å². The smallest absolute Gasteiger partial charge is 0.238 e. The minimum Gasteiger partial charge on any atom is -0.324 e. The van der Waals surface area contributed by atoms with Crippen molar-refractivity contribution in [3.8, 4) is 0 Å². The number of nitrogens with one attached hydrogen (secondary N) is 2. The summed E-state index contributed by atoms with van der Waals surface area (Å²) in [6, 6.07) is 6.44. The van der Waals surface area contributed by atoms with E-state index in [1.165, 1.54) is 6.07 Å². The molecule has 1 amide bonds. The van der Waals surface area contributed by atoms with Crippen LogP contribution in [0.25, 0.3) is 0 Å². The molecule has 20 heavy (non-hydrogen) atoms. The van der Waals surface area contributed by atoms with E-state index in [9.17, 15) is 13.2 Å². The zero-order chi connectivity index (χ0) is 15.4. The fourth-order valence-electron chi connectivity index (χ4n) is 1.54. The van der Waals surface area contributed by atoms with E-state index in [0.717, 1.165) is 0 Å². The lowest BCUT2D eigenvalue weighted by Crippen LogP contribution is -2.41. The van der Waals surface area contributed by atoms with Crippen molar-refractivity contribution in [2.24, 2.45) is 0 Å². The van der Waals surface area contributed by atoms with Gasteiger partial charge in [-0.25, -0.2) is 8.42 Å². The molecule has 1 aromatic rings. The maximum atomic E-state index is 12.0. The van der Waals surface area contributed by atoms with Crippen LogP contribution >= 0.6 is 0 Å². The van der Waals surface area contributed by atoms with E-state index in [4.69, 9.17) is 0 Å². The first-order valence-corrected chi connectivity index (χ1v) is 8.17. The van der Waals surface area contributed by atoms with E-state index in [0.29, 0.717) is 5.69 Å². The molecule has 2 N–H and O–H groups in total. The van der Waals surface area contributed by atoms with Crippen LogP contribution in [0.2, 0.25) is 0 Å². The molecule has 0 radical (unpaired) electrons. The van der Waals surface area contributed by atoms with Gasteiger partial charge in [0.15, 0.2) is 9.84 Å². The van der Waals surface area contributed by atoms with Gasteiger partial charge in [0.1, 0.15) is 0 Å². The number of para-hydroxylation sites is 1. The molecule has 0 unspecified atom stereocenters. The van der Waals surface area contributed by atoms with E-state index >= 15 is 0 Å². The molecule has 6 heteroatoms. The Morgan fingerprint density at radius 3 is 2.35 bits per heavy atom. The third-order valence-electron chi connectivity index (χ3n) is 2.66. The van der Waals surface area contributed by atoms with Gasteiger partial charge in [-0.2, -0.15) is 0 Å². The van der Waals surface area contributed by atoms with Gasteiger partial charge in [0.25, 0.3) is 0 Å². The topological polar surface area (TPSA) is 75.3 Å². The Kier molecular flexibility index (Phi) is 5.30. The highest BCUT2D eigenvalue weighted by Crippen LogP contribution is 2.21. The molecular weight excluding hydrogens is 276 g/mol. The molecular formula is C14H22N2O3S. The lowest BCUT2D eigenvalue weighted by atomic mass is 10.1. The molecule has 0 aliphatic carbocycles. The molecule has 0 aromatic heterocycles. The van der Waals surface area contributed by atoms with Crippen molar-refractivity contribution in [3.05, 3.63) is 24.3 Å². The Morgan fingerprint density at radius 2 is 1.80 bits per heavy atom. The molecule has 5 nitrogen and oxygen atoms in total. The summed E-state index contributed by atoms with van der Waals surface area (Å²) in [5.41, 5.74) is 0.155. The number of rotatable bonds is 5. The Morgan fingerprint density at radius 1 is 1.20 bits per heavy atom. The monoisotopic (exact) mass is 298 g/mol. The first-order valence-electron chi connectivity index (χ1n) is 6.52. The van der Waals surface area contributed by atoms with Crippen LogP contribution in [-0.2, 0) is 14.6 Å². The molecule has 0 fully saturated rings. The molecule has 0 saturated carbocycles. The van der Waals surface area contributed by atoms with Crippen molar-refractivity contribution in [2.45, 2.75) is 38.1 Å². The lowest BCUT2D eigenvalue weighted by Gasteiger charge is -2.20. The summed E-state index contributed by atoms with van der Waals surface area (Å²) in [7, 11) is -3.35. The fraction of sp³-hybridized carbons (Fsp3) is 0.500. The van der Waals surface area contributed by atoms with E-state index in [1.54, 1.807) is 25.1 Å². The number of sulfone groups is 1. The quantitative estimate of drug-likeness (QED) is 0.869. The molecule has 0 spiro atoms. The molecule has 0 atom stereocenters. The number of hydrogen-bond donors (Lipinski definition) is 2. The third-order valence-corrected chi connectivity index (χ3v) is 4.44. The SMILES string of the molecule is CCS(=O)(=O)c1ccccc1NC(=O)CNC(C)(C)C. The molecule has 0 bridgehead atoms. The molecule has 0 aliphatic rings. The summed E-state index contributed by atoms with van der Waals surface area (Å²) in [6.45, 7) is 7.57. The van der Waals surface area contributed by atoms with Gasteiger partial charge < -0.3 is 10.6 Å². The van der Waals surface area contributed by atoms with Crippen LogP contribution in [0.3, 0.4) is 0 Å². The van der Waals surface area contributed by atoms with Crippen LogP contribution < -0.4 is 10.6 Å². The second kappa shape index (κ2) is 6.37. The number of hydrogen-bond acceptors (Lipinski definition) is 4. The molecule has 0 heterocycles. The summed E-state index contributed by atoms with van der Waals surface area (Å²) in [6.07, 6.45) is 0. The zero-order valence-electron chi connectivity index (χ0n) is 12.4. The van der Waals surface area contributed by atoms with Crippen molar-refractivity contribution < 1.29 is 13.2 Å². The van der Waals surface area contributed by atoms with E-state index in [2.05, 4.69) is 10.6 Å². The van der Waals surface area contributed by atoms with Crippen molar-refractivity contribution in [1.29, 1.82) is 0 Å². The van der Waals surface area contributed by atoms with Crippen LogP contribution in [0.5, 0.6) is 0 Å². The molecule has 1 rings (SSSR count). The maximum Gasteiger partial charge on any atom is 0.238 e. The number of anilines is 1. The van der Waals surface area contributed by atoms with E-state index in [-0.39, 0.29) is 28.6 Å². The van der Waals surface area contributed by atoms with Crippen molar-refractivity contribution in [2.75, 3.05) is 17.6 Å². The standard InChI is InChI=1S/C14H22N2O3S/c1-5-20(18,19)12-9-7-6-8-11(12)16-13(17)10-15-14(2,3)4/h6-9,15H,5,10H2,1-4H3,(H,16,17). The Bertz CT molecular complexity index is 574. The number of amides is 1. The van der Waals surface area contributed by atoms with Gasteiger partial charge in [0.05, 0.1) is 22.9 Å². The van der Waals surface area contributed by atoms with Gasteiger partial charge >= 0.3 is 0 Å². The predicted octanol–water partition coefficient (Wildman–Crippen LogP) is 1.81. The highest BCUT2D eigenvalue weighted by atomic mass is 32.2. The summed E-state index contributed by atoms with van der Waals surface area (Å²) >= 11 is 0. The zero-order valence-corrected chi connectivity index (χ0v) is 13.2. The summed E-state index contributed by atoms with van der Waals surface area (Å²) in [4.78, 5) is 12.0. The lowest BCUT2D eigenvalue weighted by molar-refractivity contribution is -0.115. The van der Waals surface area contributed by atoms with Crippen molar-refractivity contribution >= 4 is 21.4 Å². The van der Waals surface area contributed by atoms with Crippen molar-refractivity contribution in [3.63, 3.8) is 0 Å². The third kappa shape index (κ3) is 4.94. The van der Waals surface area contributed by atoms with E-state index in [1.807, 2.05) is 20.8 Å². The normalized spacial score (nSPS) is 12.2. The predicted molar refractivity (Wildman–Crippen MR) is 80.6 cm³/mol. The van der Waals surface area contributed by atoms with Gasteiger partial charge in [0.2, 0.25) is 5.91 Å². The van der Waals surface area contributed by atoms with Crippen LogP contribution in [-0.4, -0.2) is 32.2 Å². The number of carbonyl (C=O) groups is 1. The highest BCUT2D eigenvalue weighted by molar-refractivity contribution is 7.91. The Balaban J connectivity index is 2.86. The minimum absolute atomic E-state index is 0.000124. The molecule has 0 saturated heterocycles. The van der Waals surface area contributed by atoms with Gasteiger partial charge in [0, 0.05) is 5.54 Å². The number of carbonyl (C=O) groups excluding carboxylic acids is 1. The average Bonchev–Trinajstić information content (AvgIpc) is 2.36.